The molecule has 2 aromatic heterocycles. The van der Waals surface area contributed by atoms with Gasteiger partial charge in [-0.25, -0.2) is 9.18 Å². The van der Waals surface area contributed by atoms with Crippen molar-refractivity contribution in [3.05, 3.63) is 22.8 Å². The first-order valence-corrected chi connectivity index (χ1v) is 9.83. The molecule has 0 saturated heterocycles. The second-order valence-corrected chi connectivity index (χ2v) is 9.14. The van der Waals surface area contributed by atoms with E-state index < -0.39 is 51.7 Å². The average molecular weight is 442 g/mol. The van der Waals surface area contributed by atoms with Crippen LogP contribution in [0.5, 0.6) is 0 Å². The van der Waals surface area contributed by atoms with Crippen LogP contribution < -0.4 is 0 Å². The number of hydrogen-bond acceptors (Lipinski definition) is 7. The lowest BCUT2D eigenvalue weighted by Gasteiger charge is -2.25. The summed E-state index contributed by atoms with van der Waals surface area (Å²) in [6, 6.07) is 1.22. The highest BCUT2D eigenvalue weighted by Crippen LogP contribution is 2.43. The van der Waals surface area contributed by atoms with E-state index in [0.29, 0.717) is 0 Å². The first-order chi connectivity index (χ1) is 12.9. The summed E-state index contributed by atoms with van der Waals surface area (Å²) in [6.45, 7) is 4.80. The maximum atomic E-state index is 13.5. The van der Waals surface area contributed by atoms with Crippen LogP contribution in [0.4, 0.5) is 13.2 Å². The zero-order chi connectivity index (χ0) is 22.6. The predicted molar refractivity (Wildman–Crippen MR) is 94.2 cm³/mol. The van der Waals surface area contributed by atoms with Crippen molar-refractivity contribution in [3.63, 3.8) is 0 Å². The third kappa shape index (κ3) is 4.34. The van der Waals surface area contributed by atoms with E-state index in [-0.39, 0.29) is 27.9 Å². The van der Waals surface area contributed by atoms with Crippen LogP contribution in [0.3, 0.4) is 0 Å². The van der Waals surface area contributed by atoms with Crippen molar-refractivity contribution in [2.24, 2.45) is 0 Å². The van der Waals surface area contributed by atoms with Crippen LogP contribution in [0.25, 0.3) is 11.2 Å². The Morgan fingerprint density at radius 3 is 2.14 bits per heavy atom. The Labute approximate surface area is 164 Å². The highest BCUT2D eigenvalue weighted by molar-refractivity contribution is 7.86. The Morgan fingerprint density at radius 2 is 1.69 bits per heavy atom. The molecule has 2 bridgehead atoms. The molecule has 0 radical (unpaired) electrons. The maximum Gasteiger partial charge on any atom is 0.400 e. The van der Waals surface area contributed by atoms with E-state index in [9.17, 15) is 36.6 Å². The average Bonchev–Trinajstić information content (AvgIpc) is 3.10. The molecule has 0 aliphatic carbocycles. The Hall–Kier alpha value is -1.89. The van der Waals surface area contributed by atoms with Gasteiger partial charge in [0.25, 0.3) is 0 Å². The summed E-state index contributed by atoms with van der Waals surface area (Å²) in [6.07, 6.45) is -4.49. The lowest BCUT2D eigenvalue weighted by Crippen LogP contribution is -2.39. The predicted octanol–water partition coefficient (Wildman–Crippen LogP) is 2.69. The number of aliphatic hydroxyl groups is 2. The van der Waals surface area contributed by atoms with Crippen LogP contribution in [-0.4, -0.2) is 47.2 Å². The summed E-state index contributed by atoms with van der Waals surface area (Å²) in [5.41, 5.74) is -2.71. The number of furan rings is 2. The second-order valence-electron chi connectivity index (χ2n) is 7.65. The van der Waals surface area contributed by atoms with Gasteiger partial charge in [0.2, 0.25) is 0 Å². The van der Waals surface area contributed by atoms with Gasteiger partial charge in [-0.3, -0.25) is 4.55 Å². The van der Waals surface area contributed by atoms with Crippen LogP contribution in [0.2, 0.25) is 0 Å². The van der Waals surface area contributed by atoms with E-state index >= 15 is 0 Å². The van der Waals surface area contributed by atoms with Gasteiger partial charge >= 0.3 is 21.3 Å². The van der Waals surface area contributed by atoms with Gasteiger partial charge in [-0.05, 0) is 33.8 Å². The Kier molecular flexibility index (Phi) is 5.74. The fourth-order valence-corrected chi connectivity index (χ4v) is 3.38. The van der Waals surface area contributed by atoms with E-state index in [4.69, 9.17) is 13.7 Å². The van der Waals surface area contributed by atoms with Crippen LogP contribution in [0.15, 0.2) is 10.5 Å². The molecule has 1 unspecified atom stereocenters. The van der Waals surface area contributed by atoms with Crippen molar-refractivity contribution in [3.8, 4) is 0 Å². The number of hydrogen-bond donors (Lipinski definition) is 3. The molecule has 0 aliphatic rings. The summed E-state index contributed by atoms with van der Waals surface area (Å²) in [5, 5.41) is 15.7. The zero-order valence-electron chi connectivity index (χ0n) is 16.0. The van der Waals surface area contributed by atoms with Crippen molar-refractivity contribution in [2.45, 2.75) is 56.7 Å². The maximum absolute atomic E-state index is 13.5. The van der Waals surface area contributed by atoms with Crippen molar-refractivity contribution in [2.75, 3.05) is 6.61 Å². The van der Waals surface area contributed by atoms with Crippen LogP contribution in [0.1, 0.15) is 55.6 Å². The molecule has 12 heteroatoms. The number of benzene rings is 1. The number of esters is 1. The molecule has 0 aliphatic heterocycles. The number of rotatable bonds is 8. The topological polar surface area (TPSA) is 134 Å². The smallest absolute Gasteiger partial charge is 0.400 e. The molecular weight excluding hydrogens is 421 g/mol. The zero-order valence-corrected chi connectivity index (χ0v) is 16.8. The lowest BCUT2D eigenvalue weighted by molar-refractivity contribution is -0.0163. The van der Waals surface area contributed by atoms with Crippen LogP contribution in [0, 0.1) is 0 Å². The van der Waals surface area contributed by atoms with E-state index in [1.165, 1.54) is 33.8 Å². The fourth-order valence-electron chi connectivity index (χ4n) is 2.94. The van der Waals surface area contributed by atoms with Crippen molar-refractivity contribution < 1.29 is 50.3 Å². The molecule has 8 nitrogen and oxygen atoms in total. The number of ether oxygens (including phenoxy) is 1. The van der Waals surface area contributed by atoms with Gasteiger partial charge in [0.15, 0.2) is 6.17 Å². The molecule has 0 spiro atoms. The number of halogens is 3. The van der Waals surface area contributed by atoms with Crippen molar-refractivity contribution >= 4 is 27.3 Å². The summed E-state index contributed by atoms with van der Waals surface area (Å²) < 4.78 is 79.3. The summed E-state index contributed by atoms with van der Waals surface area (Å²) in [7, 11) is -5.96. The molecule has 1 atom stereocenters. The molecule has 3 N–H and O–H groups in total. The van der Waals surface area contributed by atoms with Gasteiger partial charge in [0.05, 0.1) is 17.8 Å². The quantitative estimate of drug-likeness (QED) is 0.420. The van der Waals surface area contributed by atoms with Crippen molar-refractivity contribution in [1.82, 2.24) is 0 Å². The van der Waals surface area contributed by atoms with Gasteiger partial charge in [-0.1, -0.05) is 0 Å². The SMILES string of the molecule is CC(C)(O)c1c(C(C)(C)O)c2oc1cc2C(=O)OCCC(F)C(F)(F)S(=O)(=O)O. The van der Waals surface area contributed by atoms with Gasteiger partial charge < -0.3 is 19.4 Å². The Bertz CT molecular complexity index is 998. The molecular formula is C17H21F3O8S. The van der Waals surface area contributed by atoms with Crippen LogP contribution in [-0.2, 0) is 26.1 Å². The van der Waals surface area contributed by atoms with Gasteiger partial charge in [-0.15, -0.1) is 0 Å². The molecule has 29 heavy (non-hydrogen) atoms. The number of fused-ring (bicyclic) bond motifs is 2. The summed E-state index contributed by atoms with van der Waals surface area (Å²) in [4.78, 5) is 12.2. The Morgan fingerprint density at radius 1 is 1.17 bits per heavy atom. The molecule has 0 fully saturated rings. The molecule has 0 saturated carbocycles. The van der Waals surface area contributed by atoms with E-state index in [2.05, 4.69) is 0 Å². The van der Waals surface area contributed by atoms with Gasteiger partial charge in [0.1, 0.15) is 16.7 Å². The fraction of sp³-hybridized carbons (Fsp3) is 0.588. The minimum Gasteiger partial charge on any atom is -0.462 e. The number of carbonyl (C=O) groups is 1. The normalized spacial score (nSPS) is 15.1. The monoisotopic (exact) mass is 442 g/mol. The Balaban J connectivity index is 2.22. The van der Waals surface area contributed by atoms with E-state index in [1.54, 1.807) is 0 Å². The molecule has 0 aromatic carbocycles. The first kappa shape index (κ1) is 23.4. The summed E-state index contributed by atoms with van der Waals surface area (Å²) in [5.74, 6) is -1.09. The molecule has 2 heterocycles. The van der Waals surface area contributed by atoms with E-state index in [1.807, 2.05) is 0 Å². The highest BCUT2D eigenvalue weighted by atomic mass is 32.2. The molecule has 164 valence electrons. The summed E-state index contributed by atoms with van der Waals surface area (Å²) >= 11 is 0. The molecule has 2 rings (SSSR count). The third-order valence-corrected chi connectivity index (χ3v) is 5.16. The molecule has 2 aromatic rings. The minimum absolute atomic E-state index is 0.0883. The number of alkyl halides is 3. The second kappa shape index (κ2) is 7.11. The van der Waals surface area contributed by atoms with E-state index in [0.717, 1.165) is 0 Å². The third-order valence-electron chi connectivity index (χ3n) is 4.21. The van der Waals surface area contributed by atoms with Gasteiger partial charge in [-0.2, -0.15) is 17.2 Å². The van der Waals surface area contributed by atoms with Crippen LogP contribution >= 0.6 is 0 Å². The minimum atomic E-state index is -5.96. The number of carbonyl (C=O) groups excluding carboxylic acids is 1. The standard InChI is InChI=1S/C17H21F3O8S/c1-15(2,22)11-9-7-8(13(28-9)12(11)16(3,4)23)14(21)27-6-5-10(18)17(19,20)29(24,25)26/h7,10,22-23H,5-6H2,1-4H3,(H,24,25,26). The van der Waals surface area contributed by atoms with Gasteiger partial charge in [0, 0.05) is 17.5 Å². The van der Waals surface area contributed by atoms with Crippen molar-refractivity contribution in [1.29, 1.82) is 0 Å². The molecule has 0 amide bonds. The highest BCUT2D eigenvalue weighted by Gasteiger charge is 2.52. The largest absolute Gasteiger partial charge is 0.462 e. The lowest BCUT2D eigenvalue weighted by atomic mass is 9.84. The first-order valence-electron chi connectivity index (χ1n) is 8.39.